The Morgan fingerprint density at radius 3 is 2.65 bits per heavy atom. The fourth-order valence-electron chi connectivity index (χ4n) is 4.99. The smallest absolute Gasteiger partial charge is 0.228 e. The highest BCUT2D eigenvalue weighted by molar-refractivity contribution is 7.15. The molecule has 8 heteroatoms. The molecule has 0 saturated carbocycles. The van der Waals surface area contributed by atoms with Crippen LogP contribution in [0.2, 0.25) is 0 Å². The minimum atomic E-state index is -0.0958. The third-order valence-electron chi connectivity index (χ3n) is 6.90. The lowest BCUT2D eigenvalue weighted by Gasteiger charge is -2.07. The predicted molar refractivity (Wildman–Crippen MR) is 161 cm³/mol. The van der Waals surface area contributed by atoms with Gasteiger partial charge in [-0.05, 0) is 48.9 Å². The molecule has 1 amide bonds. The first-order valence-electron chi connectivity index (χ1n) is 12.9. The van der Waals surface area contributed by atoms with E-state index in [0.717, 1.165) is 50.0 Å². The Morgan fingerprint density at radius 1 is 0.900 bits per heavy atom. The monoisotopic (exact) mass is 540 g/mol. The van der Waals surface area contributed by atoms with Gasteiger partial charge in [0.1, 0.15) is 5.69 Å². The molecule has 7 rings (SSSR count). The highest BCUT2D eigenvalue weighted by Gasteiger charge is 2.16. The van der Waals surface area contributed by atoms with E-state index in [1.165, 1.54) is 15.3 Å². The number of nitrogens with zero attached hydrogens (tertiary/aromatic N) is 3. The van der Waals surface area contributed by atoms with Gasteiger partial charge in [0.2, 0.25) is 5.91 Å². The van der Waals surface area contributed by atoms with E-state index in [1.54, 1.807) is 29.9 Å². The van der Waals surface area contributed by atoms with Gasteiger partial charge in [0.05, 0.1) is 41.4 Å². The van der Waals surface area contributed by atoms with Crippen molar-refractivity contribution >= 4 is 44.7 Å². The van der Waals surface area contributed by atoms with Crippen molar-refractivity contribution in [1.29, 1.82) is 0 Å². The number of aromatic nitrogens is 5. The molecule has 0 radical (unpaired) electrons. The lowest BCUT2D eigenvalue weighted by molar-refractivity contribution is -0.115. The summed E-state index contributed by atoms with van der Waals surface area (Å²) < 4.78 is 0. The molecule has 40 heavy (non-hydrogen) atoms. The molecule has 7 aromatic rings. The van der Waals surface area contributed by atoms with Gasteiger partial charge < -0.3 is 10.3 Å². The van der Waals surface area contributed by atoms with Crippen LogP contribution in [-0.2, 0) is 11.2 Å². The van der Waals surface area contributed by atoms with E-state index < -0.39 is 0 Å². The van der Waals surface area contributed by atoms with Crippen molar-refractivity contribution < 1.29 is 4.79 Å². The zero-order valence-electron chi connectivity index (χ0n) is 21.6. The first kappa shape index (κ1) is 24.0. The summed E-state index contributed by atoms with van der Waals surface area (Å²) >= 11 is 1.79. The number of benzene rings is 2. The SMILES string of the molecule is Cc1ccc(-c2cccc3[nH]c(-c4n[nH]c5cnc(-c6cncc(NC(=O)Cc7ccccc7)c6)cc45)cc23)s1. The molecular weight excluding hydrogens is 516 g/mol. The van der Waals surface area contributed by atoms with Gasteiger partial charge in [-0.2, -0.15) is 5.10 Å². The van der Waals surface area contributed by atoms with Crippen LogP contribution in [0.3, 0.4) is 0 Å². The second kappa shape index (κ2) is 9.91. The summed E-state index contributed by atoms with van der Waals surface area (Å²) in [5.74, 6) is -0.0958. The highest BCUT2D eigenvalue weighted by Crippen LogP contribution is 2.37. The van der Waals surface area contributed by atoms with Crippen LogP contribution in [0, 0.1) is 6.92 Å². The van der Waals surface area contributed by atoms with E-state index in [0.29, 0.717) is 12.1 Å². The number of rotatable bonds is 6. The molecule has 0 unspecified atom stereocenters. The van der Waals surface area contributed by atoms with Crippen molar-refractivity contribution in [3.63, 3.8) is 0 Å². The normalized spacial score (nSPS) is 11.3. The number of amides is 1. The average Bonchev–Trinajstić information content (AvgIpc) is 3.71. The van der Waals surface area contributed by atoms with Crippen molar-refractivity contribution in [3.05, 3.63) is 108 Å². The maximum atomic E-state index is 12.6. The molecule has 0 aliphatic rings. The van der Waals surface area contributed by atoms with E-state index in [4.69, 9.17) is 0 Å². The fourth-order valence-corrected chi connectivity index (χ4v) is 5.90. The lowest BCUT2D eigenvalue weighted by atomic mass is 10.1. The molecule has 194 valence electrons. The molecule has 0 aliphatic heterocycles. The van der Waals surface area contributed by atoms with Crippen LogP contribution >= 0.6 is 11.3 Å². The van der Waals surface area contributed by atoms with Crippen LogP contribution in [-0.4, -0.2) is 31.1 Å². The van der Waals surface area contributed by atoms with Gasteiger partial charge in [0.25, 0.3) is 0 Å². The van der Waals surface area contributed by atoms with Gasteiger partial charge in [0.15, 0.2) is 0 Å². The molecule has 2 aromatic carbocycles. The number of H-pyrrole nitrogens is 2. The van der Waals surface area contributed by atoms with Crippen molar-refractivity contribution in [2.45, 2.75) is 13.3 Å². The number of anilines is 1. The van der Waals surface area contributed by atoms with Gasteiger partial charge in [-0.1, -0.05) is 42.5 Å². The first-order valence-corrected chi connectivity index (χ1v) is 13.7. The highest BCUT2D eigenvalue weighted by atomic mass is 32.1. The Balaban J connectivity index is 1.21. The molecule has 5 aromatic heterocycles. The minimum Gasteiger partial charge on any atom is -0.353 e. The minimum absolute atomic E-state index is 0.0958. The molecule has 7 nitrogen and oxygen atoms in total. The van der Waals surface area contributed by atoms with Crippen molar-refractivity contribution in [2.24, 2.45) is 0 Å². The summed E-state index contributed by atoms with van der Waals surface area (Å²) in [5.41, 5.74) is 7.99. The average molecular weight is 541 g/mol. The zero-order valence-corrected chi connectivity index (χ0v) is 22.4. The number of aromatic amines is 2. The predicted octanol–water partition coefficient (Wildman–Crippen LogP) is 7.39. The maximum Gasteiger partial charge on any atom is 0.228 e. The molecule has 5 heterocycles. The van der Waals surface area contributed by atoms with Gasteiger partial charge >= 0.3 is 0 Å². The summed E-state index contributed by atoms with van der Waals surface area (Å²) in [4.78, 5) is 27.7. The number of carbonyl (C=O) groups is 1. The number of pyridine rings is 2. The molecular formula is C32H24N6OS. The molecule has 3 N–H and O–H groups in total. The molecule has 0 atom stereocenters. The van der Waals surface area contributed by atoms with Crippen LogP contribution in [0.25, 0.3) is 54.9 Å². The summed E-state index contributed by atoms with van der Waals surface area (Å²) in [7, 11) is 0. The van der Waals surface area contributed by atoms with Crippen LogP contribution in [0.4, 0.5) is 5.69 Å². The Kier molecular flexibility index (Phi) is 5.94. The Morgan fingerprint density at radius 2 is 1.80 bits per heavy atom. The second-order valence-corrected chi connectivity index (χ2v) is 11.0. The lowest BCUT2D eigenvalue weighted by Crippen LogP contribution is -2.14. The van der Waals surface area contributed by atoms with E-state index >= 15 is 0 Å². The van der Waals surface area contributed by atoms with E-state index in [1.807, 2.05) is 42.5 Å². The quantitative estimate of drug-likeness (QED) is 0.205. The first-order chi connectivity index (χ1) is 19.6. The standard InChI is InChI=1S/C32H24N6OS/c1-19-10-11-30(40-19)23-8-5-9-26-24(23)14-28(36-26)32-25-15-27(34-18-29(25)37-38-32)21-13-22(17-33-16-21)35-31(39)12-20-6-3-2-4-7-20/h2-11,13-18,36H,12H2,1H3,(H,35,39)(H,37,38). The fraction of sp³-hybridized carbons (Fsp3) is 0.0625. The van der Waals surface area contributed by atoms with E-state index in [9.17, 15) is 4.79 Å². The number of carbonyl (C=O) groups excluding carboxylic acids is 1. The number of nitrogens with one attached hydrogen (secondary N) is 3. The summed E-state index contributed by atoms with van der Waals surface area (Å²) in [6.45, 7) is 2.13. The van der Waals surface area contributed by atoms with Crippen molar-refractivity contribution in [3.8, 4) is 33.1 Å². The molecule has 0 saturated heterocycles. The molecule has 0 aliphatic carbocycles. The topological polar surface area (TPSA) is 99.3 Å². The summed E-state index contributed by atoms with van der Waals surface area (Å²) in [5, 5.41) is 12.8. The number of aryl methyl sites for hydroxylation is 1. The number of hydrogen-bond donors (Lipinski definition) is 3. The summed E-state index contributed by atoms with van der Waals surface area (Å²) in [6, 6.07) is 26.4. The second-order valence-electron chi connectivity index (χ2n) is 9.72. The van der Waals surface area contributed by atoms with Gasteiger partial charge in [0, 0.05) is 43.4 Å². The Labute approximate surface area is 234 Å². The summed E-state index contributed by atoms with van der Waals surface area (Å²) in [6.07, 6.45) is 5.47. The molecule has 0 bridgehead atoms. The molecule has 0 fully saturated rings. The number of hydrogen-bond acceptors (Lipinski definition) is 5. The number of fused-ring (bicyclic) bond motifs is 2. The Bertz CT molecular complexity index is 2000. The number of thiophene rings is 1. The van der Waals surface area contributed by atoms with Gasteiger partial charge in [-0.3, -0.25) is 19.9 Å². The zero-order chi connectivity index (χ0) is 27.1. The van der Waals surface area contributed by atoms with E-state index in [2.05, 4.69) is 73.8 Å². The molecule has 0 spiro atoms. The largest absolute Gasteiger partial charge is 0.353 e. The Hall–Kier alpha value is -5.08. The van der Waals surface area contributed by atoms with Crippen LogP contribution < -0.4 is 5.32 Å². The third-order valence-corrected chi connectivity index (χ3v) is 7.93. The van der Waals surface area contributed by atoms with Crippen LogP contribution in [0.5, 0.6) is 0 Å². The van der Waals surface area contributed by atoms with Crippen LogP contribution in [0.15, 0.2) is 97.5 Å². The van der Waals surface area contributed by atoms with Gasteiger partial charge in [-0.15, -0.1) is 11.3 Å². The van der Waals surface area contributed by atoms with Crippen molar-refractivity contribution in [2.75, 3.05) is 5.32 Å². The van der Waals surface area contributed by atoms with Gasteiger partial charge in [-0.25, -0.2) is 0 Å². The van der Waals surface area contributed by atoms with Crippen molar-refractivity contribution in [1.82, 2.24) is 25.1 Å². The van der Waals surface area contributed by atoms with E-state index in [-0.39, 0.29) is 5.91 Å². The third kappa shape index (κ3) is 4.54. The van der Waals surface area contributed by atoms with Crippen LogP contribution in [0.1, 0.15) is 10.4 Å². The maximum absolute atomic E-state index is 12.6.